The molecule has 140 valence electrons. The fourth-order valence-electron chi connectivity index (χ4n) is 2.34. The minimum atomic E-state index is -1.29. The minimum absolute atomic E-state index is 0.0427. The van der Waals surface area contributed by atoms with E-state index in [2.05, 4.69) is 0 Å². The fourth-order valence-corrected chi connectivity index (χ4v) is 3.25. The summed E-state index contributed by atoms with van der Waals surface area (Å²) in [4.78, 5) is 36.1. The van der Waals surface area contributed by atoms with E-state index in [1.807, 2.05) is 0 Å². The van der Waals surface area contributed by atoms with E-state index in [9.17, 15) is 23.0 Å². The van der Waals surface area contributed by atoms with Gasteiger partial charge < -0.3 is 5.11 Å². The summed E-state index contributed by atoms with van der Waals surface area (Å²) < 4.78 is 27.0. The molecule has 2 aromatic rings. The van der Waals surface area contributed by atoms with Gasteiger partial charge in [0.2, 0.25) is 0 Å². The molecule has 0 saturated carbocycles. The van der Waals surface area contributed by atoms with Crippen molar-refractivity contribution in [3.63, 3.8) is 0 Å². The van der Waals surface area contributed by atoms with E-state index in [1.54, 1.807) is 6.92 Å². The van der Waals surface area contributed by atoms with Crippen LogP contribution in [-0.2, 0) is 28.7 Å². The molecule has 0 aliphatic heterocycles. The maximum atomic E-state index is 13.7. The van der Waals surface area contributed by atoms with E-state index in [4.69, 9.17) is 16.7 Å². The molecule has 0 amide bonds. The number of benzene rings is 1. The number of rotatable bonds is 7. The van der Waals surface area contributed by atoms with Crippen LogP contribution in [0.5, 0.6) is 0 Å². The Kier molecular flexibility index (Phi) is 6.49. The summed E-state index contributed by atoms with van der Waals surface area (Å²) in [6.45, 7) is 0.860. The molecule has 1 N–H and O–H groups in total. The molecule has 0 saturated heterocycles. The normalized spacial score (nSPS) is 12.1. The van der Waals surface area contributed by atoms with Gasteiger partial charge in [-0.05, 0) is 6.07 Å². The monoisotopic (exact) mass is 402 g/mol. The summed E-state index contributed by atoms with van der Waals surface area (Å²) in [6, 6.07) is 3.85. The van der Waals surface area contributed by atoms with Crippen molar-refractivity contribution in [1.29, 1.82) is 0 Å². The van der Waals surface area contributed by atoms with Crippen LogP contribution in [0.1, 0.15) is 6.92 Å². The lowest BCUT2D eigenvalue weighted by molar-refractivity contribution is -0.137. The average Bonchev–Trinajstić information content (AvgIpc) is 2.59. The molecule has 1 heterocycles. The van der Waals surface area contributed by atoms with Crippen LogP contribution in [0.4, 0.5) is 4.39 Å². The Bertz CT molecular complexity index is 986. The molecule has 7 nitrogen and oxygen atoms in total. The molecule has 0 aliphatic carbocycles. The molecule has 1 atom stereocenters. The summed E-state index contributed by atoms with van der Waals surface area (Å²) in [6.07, 6.45) is 1.05. The SMILES string of the molecule is CCS(=O)CCn1c(=O)c(-c2cccc(F)c2Cl)cn(CC(=O)O)c1=O. The maximum Gasteiger partial charge on any atom is 0.331 e. The summed E-state index contributed by atoms with van der Waals surface area (Å²) in [7, 11) is -1.23. The topological polar surface area (TPSA) is 98.4 Å². The van der Waals surface area contributed by atoms with E-state index < -0.39 is 40.4 Å². The second-order valence-electron chi connectivity index (χ2n) is 5.34. The first-order chi connectivity index (χ1) is 12.3. The summed E-state index contributed by atoms with van der Waals surface area (Å²) >= 11 is 5.92. The summed E-state index contributed by atoms with van der Waals surface area (Å²) in [5.74, 6) is -1.63. The van der Waals surface area contributed by atoms with Crippen molar-refractivity contribution in [2.75, 3.05) is 11.5 Å². The quantitative estimate of drug-likeness (QED) is 0.753. The lowest BCUT2D eigenvalue weighted by atomic mass is 10.1. The van der Waals surface area contributed by atoms with E-state index in [0.717, 1.165) is 21.4 Å². The highest BCUT2D eigenvalue weighted by molar-refractivity contribution is 7.84. The molecule has 1 aromatic carbocycles. The number of carboxylic acids is 1. The molecule has 10 heteroatoms. The van der Waals surface area contributed by atoms with Crippen LogP contribution < -0.4 is 11.2 Å². The lowest BCUT2D eigenvalue weighted by Gasteiger charge is -2.13. The van der Waals surface area contributed by atoms with Crippen LogP contribution >= 0.6 is 11.6 Å². The number of hydrogen-bond donors (Lipinski definition) is 1. The smallest absolute Gasteiger partial charge is 0.331 e. The van der Waals surface area contributed by atoms with Gasteiger partial charge in [-0.25, -0.2) is 9.18 Å². The number of carbonyl (C=O) groups is 1. The zero-order valence-electron chi connectivity index (χ0n) is 13.8. The highest BCUT2D eigenvalue weighted by Crippen LogP contribution is 2.27. The van der Waals surface area contributed by atoms with Gasteiger partial charge >= 0.3 is 11.7 Å². The van der Waals surface area contributed by atoms with Crippen LogP contribution in [0.15, 0.2) is 34.0 Å². The molecule has 1 unspecified atom stereocenters. The Labute approximate surface area is 155 Å². The maximum absolute atomic E-state index is 13.7. The highest BCUT2D eigenvalue weighted by Gasteiger charge is 2.18. The molecule has 1 aromatic heterocycles. The van der Waals surface area contributed by atoms with Gasteiger partial charge in [0.05, 0.1) is 10.6 Å². The first-order valence-corrected chi connectivity index (χ1v) is 9.48. The van der Waals surface area contributed by atoms with Gasteiger partial charge in [-0.1, -0.05) is 30.7 Å². The number of hydrogen-bond acceptors (Lipinski definition) is 4. The molecule has 2 rings (SSSR count). The Morgan fingerprint density at radius 1 is 1.31 bits per heavy atom. The van der Waals surface area contributed by atoms with E-state index >= 15 is 0 Å². The third-order valence-corrected chi connectivity index (χ3v) is 5.32. The first-order valence-electron chi connectivity index (χ1n) is 7.61. The Morgan fingerprint density at radius 2 is 2.00 bits per heavy atom. The van der Waals surface area contributed by atoms with Gasteiger partial charge in [-0.3, -0.25) is 22.9 Å². The largest absolute Gasteiger partial charge is 0.480 e. The van der Waals surface area contributed by atoms with Gasteiger partial charge in [0.1, 0.15) is 12.4 Å². The van der Waals surface area contributed by atoms with Crippen molar-refractivity contribution in [3.05, 3.63) is 56.1 Å². The summed E-state index contributed by atoms with van der Waals surface area (Å²) in [5.41, 5.74) is -1.67. The van der Waals surface area contributed by atoms with Gasteiger partial charge in [-0.15, -0.1) is 0 Å². The number of nitrogens with zero attached hydrogens (tertiary/aromatic N) is 2. The van der Waals surface area contributed by atoms with Crippen molar-refractivity contribution < 1.29 is 18.5 Å². The highest BCUT2D eigenvalue weighted by atomic mass is 35.5. The number of carboxylic acid groups (broad SMARTS) is 1. The van der Waals surface area contributed by atoms with E-state index in [0.29, 0.717) is 5.75 Å². The van der Waals surface area contributed by atoms with E-state index in [1.165, 1.54) is 12.1 Å². The second kappa shape index (κ2) is 8.41. The molecular weight excluding hydrogens is 387 g/mol. The summed E-state index contributed by atoms with van der Waals surface area (Å²) in [5, 5.41) is 8.67. The van der Waals surface area contributed by atoms with Crippen LogP contribution in [0.2, 0.25) is 5.02 Å². The van der Waals surface area contributed by atoms with Crippen LogP contribution in [0, 0.1) is 5.82 Å². The Morgan fingerprint density at radius 3 is 2.62 bits per heavy atom. The average molecular weight is 403 g/mol. The fraction of sp³-hybridized carbons (Fsp3) is 0.312. The number of aromatic nitrogens is 2. The third kappa shape index (κ3) is 4.28. The third-order valence-electron chi connectivity index (χ3n) is 3.65. The Balaban J connectivity index is 2.70. The van der Waals surface area contributed by atoms with Crippen LogP contribution in [0.3, 0.4) is 0 Å². The van der Waals surface area contributed by atoms with Crippen LogP contribution in [-0.4, -0.2) is 35.9 Å². The van der Waals surface area contributed by atoms with Gasteiger partial charge in [0.25, 0.3) is 5.56 Å². The predicted octanol–water partition coefficient (Wildman–Crippen LogP) is 1.32. The van der Waals surface area contributed by atoms with Crippen molar-refractivity contribution in [2.45, 2.75) is 20.0 Å². The van der Waals surface area contributed by atoms with Crippen molar-refractivity contribution in [1.82, 2.24) is 9.13 Å². The number of aliphatic carboxylic acids is 1. The molecule has 0 spiro atoms. The van der Waals surface area contributed by atoms with Crippen molar-refractivity contribution >= 4 is 28.4 Å². The second-order valence-corrected chi connectivity index (χ2v) is 7.58. The standard InChI is InChI=1S/C16H16ClFN2O5S/c1-2-26(25)7-6-20-15(23)11(8-19(16(20)24)9-13(21)22)10-4-3-5-12(18)14(10)17/h3-5,8H,2,6-7,9H2,1H3,(H,21,22). The van der Waals surface area contributed by atoms with Gasteiger partial charge in [-0.2, -0.15) is 0 Å². The zero-order valence-corrected chi connectivity index (χ0v) is 15.3. The zero-order chi connectivity index (χ0) is 19.4. The molecule has 26 heavy (non-hydrogen) atoms. The number of halogens is 2. The Hall–Kier alpha value is -2.26. The minimum Gasteiger partial charge on any atom is -0.480 e. The molecule has 0 aliphatic rings. The van der Waals surface area contributed by atoms with Gasteiger partial charge in [0, 0.05) is 40.6 Å². The van der Waals surface area contributed by atoms with E-state index in [-0.39, 0.29) is 28.4 Å². The van der Waals surface area contributed by atoms with Gasteiger partial charge in [0.15, 0.2) is 0 Å². The molecule has 0 fully saturated rings. The predicted molar refractivity (Wildman–Crippen MR) is 96.6 cm³/mol. The molecular formula is C16H16ClFN2O5S. The molecule has 0 bridgehead atoms. The van der Waals surface area contributed by atoms with Crippen molar-refractivity contribution in [3.8, 4) is 11.1 Å². The van der Waals surface area contributed by atoms with Crippen molar-refractivity contribution in [2.24, 2.45) is 0 Å². The first kappa shape index (κ1) is 20.1. The van der Waals surface area contributed by atoms with Crippen LogP contribution in [0.25, 0.3) is 11.1 Å². The molecule has 0 radical (unpaired) electrons. The lowest BCUT2D eigenvalue weighted by Crippen LogP contribution is -2.42.